The molecule has 1 unspecified atom stereocenters. The van der Waals surface area contributed by atoms with Crippen LogP contribution >= 0.6 is 0 Å². The molecule has 4 aromatic rings. The first-order valence-electron chi connectivity index (χ1n) is 12.0. The molecule has 2 N–H and O–H groups in total. The Morgan fingerprint density at radius 2 is 1.29 bits per heavy atom. The van der Waals surface area contributed by atoms with Crippen molar-refractivity contribution in [2.75, 3.05) is 19.7 Å². The van der Waals surface area contributed by atoms with Crippen molar-refractivity contribution in [3.05, 3.63) is 141 Å². The van der Waals surface area contributed by atoms with Crippen LogP contribution in [0.5, 0.6) is 0 Å². The molecule has 1 aliphatic heterocycles. The number of benzene rings is 3. The molecule has 3 aromatic carbocycles. The van der Waals surface area contributed by atoms with Gasteiger partial charge in [0.05, 0.1) is 11.6 Å². The average Bonchev–Trinajstić information content (AvgIpc) is 2.91. The Hall–Kier alpha value is -3.74. The monoisotopic (exact) mass is 467 g/mol. The lowest BCUT2D eigenvalue weighted by Gasteiger charge is -2.50. The van der Waals surface area contributed by atoms with Crippen LogP contribution in [0, 0.1) is 5.92 Å². The Bertz CT molecular complexity index is 1270. The molecule has 5 rings (SSSR count). The van der Waals surface area contributed by atoms with Gasteiger partial charge in [-0.15, -0.1) is 0 Å². The van der Waals surface area contributed by atoms with E-state index < -0.39 is 16.8 Å². The minimum Gasteiger partial charge on any atom is -0.396 e. The van der Waals surface area contributed by atoms with Crippen LogP contribution in [0.3, 0.4) is 0 Å². The molecule has 6 heteroatoms. The van der Waals surface area contributed by atoms with Gasteiger partial charge in [0.2, 0.25) is 0 Å². The van der Waals surface area contributed by atoms with Crippen molar-refractivity contribution in [1.82, 2.24) is 14.5 Å². The normalized spacial score (nSPS) is 18.9. The van der Waals surface area contributed by atoms with Gasteiger partial charge in [-0.25, -0.2) is 4.79 Å². The zero-order valence-electron chi connectivity index (χ0n) is 19.5. The summed E-state index contributed by atoms with van der Waals surface area (Å²) < 4.78 is 1.60. The third-order valence-electron chi connectivity index (χ3n) is 7.07. The minimum absolute atomic E-state index is 0.0134. The number of aliphatic hydroxyl groups excluding tert-OH is 1. The average molecular weight is 468 g/mol. The van der Waals surface area contributed by atoms with Gasteiger partial charge in [0.1, 0.15) is 0 Å². The second-order valence-electron chi connectivity index (χ2n) is 9.17. The number of rotatable bonds is 6. The smallest absolute Gasteiger partial charge is 0.328 e. The van der Waals surface area contributed by atoms with E-state index in [1.54, 1.807) is 10.8 Å². The van der Waals surface area contributed by atoms with Gasteiger partial charge in [0.25, 0.3) is 5.56 Å². The Kier molecular flexibility index (Phi) is 6.49. The van der Waals surface area contributed by atoms with Gasteiger partial charge >= 0.3 is 5.69 Å². The Morgan fingerprint density at radius 1 is 0.771 bits per heavy atom. The van der Waals surface area contributed by atoms with Crippen LogP contribution in [0.1, 0.15) is 29.2 Å². The third kappa shape index (κ3) is 4.27. The fourth-order valence-electron chi connectivity index (χ4n) is 5.58. The molecule has 1 saturated heterocycles. The molecule has 0 spiro atoms. The summed E-state index contributed by atoms with van der Waals surface area (Å²) in [4.78, 5) is 29.2. The highest BCUT2D eigenvalue weighted by atomic mass is 16.3. The fourth-order valence-corrected chi connectivity index (χ4v) is 5.58. The molecule has 2 atom stereocenters. The largest absolute Gasteiger partial charge is 0.396 e. The molecule has 6 nitrogen and oxygen atoms in total. The van der Waals surface area contributed by atoms with Crippen LogP contribution < -0.4 is 11.2 Å². The summed E-state index contributed by atoms with van der Waals surface area (Å²) in [5.41, 5.74) is 1.87. The summed E-state index contributed by atoms with van der Waals surface area (Å²) in [6.07, 6.45) is 2.21. The fraction of sp³-hybridized carbons (Fsp3) is 0.241. The number of likely N-dealkylation sites (tertiary alicyclic amines) is 1. The zero-order valence-corrected chi connectivity index (χ0v) is 19.5. The van der Waals surface area contributed by atoms with Crippen LogP contribution in [-0.4, -0.2) is 39.3 Å². The molecule has 35 heavy (non-hydrogen) atoms. The lowest BCUT2D eigenvalue weighted by atomic mass is 9.73. The number of aromatic nitrogens is 2. The van der Waals surface area contributed by atoms with E-state index in [4.69, 9.17) is 0 Å². The minimum atomic E-state index is -0.637. The van der Waals surface area contributed by atoms with Crippen molar-refractivity contribution in [2.45, 2.75) is 18.0 Å². The molecule has 1 aliphatic rings. The number of piperidine rings is 1. The van der Waals surface area contributed by atoms with Gasteiger partial charge in [-0.3, -0.25) is 19.2 Å². The lowest BCUT2D eigenvalue weighted by molar-refractivity contribution is 0.0374. The molecule has 0 aliphatic carbocycles. The predicted molar refractivity (Wildman–Crippen MR) is 136 cm³/mol. The Morgan fingerprint density at radius 3 is 1.74 bits per heavy atom. The number of aliphatic hydroxyl groups is 1. The summed E-state index contributed by atoms with van der Waals surface area (Å²) in [7, 11) is 0. The topological polar surface area (TPSA) is 78.3 Å². The van der Waals surface area contributed by atoms with Crippen LogP contribution in [0.4, 0.5) is 0 Å². The van der Waals surface area contributed by atoms with E-state index >= 15 is 0 Å². The summed E-state index contributed by atoms with van der Waals surface area (Å²) in [6.45, 7) is 1.24. The van der Waals surface area contributed by atoms with Crippen LogP contribution in [0.25, 0.3) is 0 Å². The Labute approximate surface area is 204 Å². The SMILES string of the molecule is O=c1ccn([C@@H]2CC(CO)CN(C(c3ccccc3)(c3ccccc3)c3ccccc3)C2)c(=O)[nH]1. The molecular weight excluding hydrogens is 438 g/mol. The molecule has 1 aromatic heterocycles. The molecular formula is C29H29N3O3. The van der Waals surface area contributed by atoms with Gasteiger partial charge in [-0.2, -0.15) is 0 Å². The van der Waals surface area contributed by atoms with Gasteiger partial charge in [-0.05, 0) is 29.0 Å². The highest BCUT2D eigenvalue weighted by Crippen LogP contribution is 2.45. The number of H-pyrrole nitrogens is 1. The first kappa shape index (κ1) is 23.0. The number of aromatic amines is 1. The molecule has 178 valence electrons. The molecule has 1 fully saturated rings. The number of nitrogens with one attached hydrogen (secondary N) is 1. The molecule has 0 bridgehead atoms. The lowest BCUT2D eigenvalue weighted by Crippen LogP contribution is -2.55. The van der Waals surface area contributed by atoms with Crippen molar-refractivity contribution in [3.63, 3.8) is 0 Å². The van der Waals surface area contributed by atoms with Gasteiger partial charge < -0.3 is 5.11 Å². The second kappa shape index (κ2) is 9.86. The maximum Gasteiger partial charge on any atom is 0.328 e. The molecule has 0 amide bonds. The summed E-state index contributed by atoms with van der Waals surface area (Å²) in [5, 5.41) is 10.3. The summed E-state index contributed by atoms with van der Waals surface area (Å²) in [5.74, 6) is -0.0388. The third-order valence-corrected chi connectivity index (χ3v) is 7.07. The zero-order chi connectivity index (χ0) is 24.3. The van der Waals surface area contributed by atoms with Crippen molar-refractivity contribution in [1.29, 1.82) is 0 Å². The van der Waals surface area contributed by atoms with E-state index in [1.807, 2.05) is 54.6 Å². The van der Waals surface area contributed by atoms with Crippen molar-refractivity contribution in [3.8, 4) is 0 Å². The number of hydrogen-bond acceptors (Lipinski definition) is 4. The highest BCUT2D eigenvalue weighted by molar-refractivity contribution is 5.49. The number of nitrogens with zero attached hydrogens (tertiary/aromatic N) is 2. The highest BCUT2D eigenvalue weighted by Gasteiger charge is 2.45. The first-order chi connectivity index (χ1) is 17.1. The van der Waals surface area contributed by atoms with Gasteiger partial charge in [0.15, 0.2) is 0 Å². The van der Waals surface area contributed by atoms with Crippen LogP contribution in [0.15, 0.2) is 113 Å². The molecule has 0 saturated carbocycles. The first-order valence-corrected chi connectivity index (χ1v) is 12.0. The maximum absolute atomic E-state index is 12.7. The van der Waals surface area contributed by atoms with E-state index in [0.29, 0.717) is 19.5 Å². The van der Waals surface area contributed by atoms with Crippen molar-refractivity contribution in [2.24, 2.45) is 5.92 Å². The van der Waals surface area contributed by atoms with Crippen molar-refractivity contribution >= 4 is 0 Å². The van der Waals surface area contributed by atoms with Crippen LogP contribution in [-0.2, 0) is 5.54 Å². The summed E-state index contributed by atoms with van der Waals surface area (Å²) >= 11 is 0. The van der Waals surface area contributed by atoms with Gasteiger partial charge in [0, 0.05) is 32.0 Å². The summed E-state index contributed by atoms with van der Waals surface area (Å²) in [6, 6.07) is 32.4. The maximum atomic E-state index is 12.7. The number of hydrogen-bond donors (Lipinski definition) is 2. The molecule has 0 radical (unpaired) electrons. The van der Waals surface area contributed by atoms with Crippen LogP contribution in [0.2, 0.25) is 0 Å². The van der Waals surface area contributed by atoms with Crippen molar-refractivity contribution < 1.29 is 5.11 Å². The predicted octanol–water partition coefficient (Wildman–Crippen LogP) is 3.38. The molecule has 2 heterocycles. The van der Waals surface area contributed by atoms with E-state index in [0.717, 1.165) is 16.7 Å². The van der Waals surface area contributed by atoms with Gasteiger partial charge in [-0.1, -0.05) is 91.0 Å². The Balaban J connectivity index is 1.74. The van der Waals surface area contributed by atoms with E-state index in [-0.39, 0.29) is 18.6 Å². The quantitative estimate of drug-likeness (QED) is 0.426. The standard InChI is InChI=1S/C29H29N3O3/c33-21-22-18-26(32-17-16-27(34)30-28(32)35)20-31(19-22)29(23-10-4-1-5-11-23,24-12-6-2-7-13-24)25-14-8-3-9-15-25/h1-17,22,26,33H,18-21H2,(H,30,34,35)/t22?,26-/m1/s1. The van der Waals surface area contributed by atoms with E-state index in [1.165, 1.54) is 6.07 Å². The van der Waals surface area contributed by atoms with E-state index in [9.17, 15) is 14.7 Å². The van der Waals surface area contributed by atoms with E-state index in [2.05, 4.69) is 46.3 Å². The second-order valence-corrected chi connectivity index (χ2v) is 9.17.